The van der Waals surface area contributed by atoms with Crippen LogP contribution in [0, 0.1) is 0 Å². The number of unbranched alkanes of at least 4 members (excludes halogenated alkanes) is 3. The van der Waals surface area contributed by atoms with E-state index in [-0.39, 0.29) is 17.7 Å². The van der Waals surface area contributed by atoms with Crippen LogP contribution < -0.4 is 9.47 Å². The molecule has 0 fully saturated rings. The van der Waals surface area contributed by atoms with Crippen LogP contribution in [0.15, 0.2) is 16.6 Å². The quantitative estimate of drug-likeness (QED) is 0.403. The molecule has 0 spiro atoms. The summed E-state index contributed by atoms with van der Waals surface area (Å²) in [7, 11) is 0. The Kier molecular flexibility index (Phi) is 6.83. The molecule has 0 radical (unpaired) electrons. The fourth-order valence-corrected chi connectivity index (χ4v) is 3.35. The van der Waals surface area contributed by atoms with E-state index in [1.165, 1.54) is 19.3 Å². The minimum atomic E-state index is -0.00417. The van der Waals surface area contributed by atoms with Crippen LogP contribution in [0.3, 0.4) is 0 Å². The van der Waals surface area contributed by atoms with E-state index in [1.54, 1.807) is 0 Å². The highest BCUT2D eigenvalue weighted by Crippen LogP contribution is 2.41. The number of hydrogen-bond acceptors (Lipinski definition) is 3. The van der Waals surface area contributed by atoms with Gasteiger partial charge in [-0.1, -0.05) is 58.0 Å². The first-order valence-corrected chi connectivity index (χ1v) is 9.19. The number of ether oxygens (including phenoxy) is 3. The fourth-order valence-electron chi connectivity index (χ4n) is 2.36. The van der Waals surface area contributed by atoms with E-state index >= 15 is 0 Å². The van der Waals surface area contributed by atoms with Gasteiger partial charge in [0.25, 0.3) is 0 Å². The summed E-state index contributed by atoms with van der Waals surface area (Å²) in [6.45, 7) is 5.39. The van der Waals surface area contributed by atoms with Crippen LogP contribution in [0.1, 0.15) is 51.2 Å². The molecule has 2 atom stereocenters. The fraction of sp³-hybridized carbons (Fsp3) is 0.625. The Morgan fingerprint density at radius 2 is 1.90 bits per heavy atom. The van der Waals surface area contributed by atoms with Crippen molar-refractivity contribution in [2.24, 2.45) is 0 Å². The van der Waals surface area contributed by atoms with Gasteiger partial charge in [-0.05, 0) is 25.5 Å². The van der Waals surface area contributed by atoms with E-state index in [9.17, 15) is 0 Å². The molecule has 21 heavy (non-hydrogen) atoms. The zero-order valence-electron chi connectivity index (χ0n) is 12.5. The first kappa shape index (κ1) is 17.1. The lowest BCUT2D eigenvalue weighted by atomic mass is 10.1. The number of halogens is 2. The molecule has 1 aliphatic heterocycles. The molecule has 118 valence electrons. The average molecular weight is 422 g/mol. The summed E-state index contributed by atoms with van der Waals surface area (Å²) in [6, 6.07) is 3.97. The van der Waals surface area contributed by atoms with Crippen molar-refractivity contribution < 1.29 is 14.2 Å². The lowest BCUT2D eigenvalue weighted by molar-refractivity contribution is 0.0517. The topological polar surface area (TPSA) is 27.7 Å². The van der Waals surface area contributed by atoms with Crippen LogP contribution in [-0.2, 0) is 4.74 Å². The Morgan fingerprint density at radius 3 is 2.57 bits per heavy atom. The van der Waals surface area contributed by atoms with Crippen LogP contribution in [0.4, 0.5) is 0 Å². The van der Waals surface area contributed by atoms with Gasteiger partial charge in [0.05, 0.1) is 6.10 Å². The first-order chi connectivity index (χ1) is 10.1. The van der Waals surface area contributed by atoms with Gasteiger partial charge in [0, 0.05) is 21.5 Å². The average Bonchev–Trinajstić information content (AvgIpc) is 2.89. The highest BCUT2D eigenvalue weighted by atomic mass is 79.9. The molecule has 0 unspecified atom stereocenters. The highest BCUT2D eigenvalue weighted by molar-refractivity contribution is 9.10. The largest absolute Gasteiger partial charge is 0.454 e. The molecule has 2 rings (SSSR count). The molecule has 0 saturated heterocycles. The lowest BCUT2D eigenvalue weighted by Gasteiger charge is -2.22. The van der Waals surface area contributed by atoms with Crippen molar-refractivity contribution in [2.45, 2.75) is 50.5 Å². The molecule has 1 heterocycles. The summed E-state index contributed by atoms with van der Waals surface area (Å²) >= 11 is 7.27. The van der Waals surface area contributed by atoms with Crippen LogP contribution in [-0.4, -0.2) is 18.2 Å². The maximum atomic E-state index is 6.10. The summed E-state index contributed by atoms with van der Waals surface area (Å²) in [5.74, 6) is 1.58. The molecule has 0 bridgehead atoms. The van der Waals surface area contributed by atoms with E-state index in [0.717, 1.165) is 34.6 Å². The van der Waals surface area contributed by atoms with Crippen LogP contribution in [0.5, 0.6) is 11.5 Å². The van der Waals surface area contributed by atoms with Crippen LogP contribution in [0.2, 0.25) is 0 Å². The van der Waals surface area contributed by atoms with Gasteiger partial charge < -0.3 is 14.2 Å². The minimum Gasteiger partial charge on any atom is -0.454 e. The van der Waals surface area contributed by atoms with Crippen molar-refractivity contribution in [1.29, 1.82) is 0 Å². The van der Waals surface area contributed by atoms with Crippen molar-refractivity contribution >= 4 is 31.9 Å². The number of fused-ring (bicyclic) bond motifs is 1. The molecule has 3 nitrogen and oxygen atoms in total. The van der Waals surface area contributed by atoms with Crippen LogP contribution >= 0.6 is 31.9 Å². The Bertz CT molecular complexity index is 463. The molecule has 1 aliphatic rings. The molecular formula is C16H22Br2O3. The van der Waals surface area contributed by atoms with E-state index in [0.29, 0.717) is 0 Å². The van der Waals surface area contributed by atoms with Gasteiger partial charge in [-0.2, -0.15) is 0 Å². The zero-order valence-corrected chi connectivity index (χ0v) is 15.7. The Hall–Kier alpha value is -0.260. The number of alkyl halides is 1. The van der Waals surface area contributed by atoms with Gasteiger partial charge in [0.15, 0.2) is 11.5 Å². The molecule has 1 aromatic carbocycles. The number of hydrogen-bond donors (Lipinski definition) is 0. The van der Waals surface area contributed by atoms with E-state index in [2.05, 4.69) is 45.7 Å². The smallest absolute Gasteiger partial charge is 0.231 e. The monoisotopic (exact) mass is 420 g/mol. The summed E-state index contributed by atoms with van der Waals surface area (Å²) in [4.78, 5) is 0.223. The Balaban J connectivity index is 2.04. The number of rotatable bonds is 8. The summed E-state index contributed by atoms with van der Waals surface area (Å²) in [5, 5.41) is 0. The second kappa shape index (κ2) is 8.39. The lowest BCUT2D eigenvalue weighted by Crippen LogP contribution is -2.14. The van der Waals surface area contributed by atoms with Crippen molar-refractivity contribution in [1.82, 2.24) is 0 Å². The second-order valence-electron chi connectivity index (χ2n) is 5.26. The van der Waals surface area contributed by atoms with E-state index < -0.39 is 0 Å². The second-order valence-corrected chi connectivity index (χ2v) is 7.56. The predicted molar refractivity (Wildman–Crippen MR) is 91.5 cm³/mol. The summed E-state index contributed by atoms with van der Waals surface area (Å²) < 4.78 is 18.0. The molecule has 0 N–H and O–H groups in total. The van der Waals surface area contributed by atoms with Gasteiger partial charge >= 0.3 is 0 Å². The maximum Gasteiger partial charge on any atom is 0.231 e. The van der Waals surface area contributed by atoms with Gasteiger partial charge in [-0.3, -0.25) is 0 Å². The van der Waals surface area contributed by atoms with Crippen LogP contribution in [0.25, 0.3) is 0 Å². The third-order valence-electron chi connectivity index (χ3n) is 3.51. The van der Waals surface area contributed by atoms with Crippen molar-refractivity contribution in [3.05, 3.63) is 22.2 Å². The predicted octanol–water partition coefficient (Wildman–Crippen LogP) is 5.60. The Labute approximate surface area is 143 Å². The maximum absolute atomic E-state index is 6.10. The molecule has 1 aromatic rings. The Morgan fingerprint density at radius 1 is 1.19 bits per heavy atom. The minimum absolute atomic E-state index is 0.00417. The SMILES string of the molecule is CCCCCCO[C@@H](c1cc2c(cc1Br)OCO2)[C@H](C)Br. The van der Waals surface area contributed by atoms with Gasteiger partial charge in [-0.25, -0.2) is 0 Å². The highest BCUT2D eigenvalue weighted by Gasteiger charge is 2.24. The molecule has 0 saturated carbocycles. The standard InChI is InChI=1S/C16H22Br2O3/c1-3-4-5-6-7-19-16(11(2)17)12-8-14-15(9-13(12)18)21-10-20-14/h8-9,11,16H,3-7,10H2,1-2H3/t11-,16+/m0/s1. The molecule has 0 amide bonds. The van der Waals surface area contributed by atoms with Crippen molar-refractivity contribution in [3.8, 4) is 11.5 Å². The van der Waals surface area contributed by atoms with E-state index in [4.69, 9.17) is 14.2 Å². The molecule has 0 aromatic heterocycles. The zero-order chi connectivity index (χ0) is 15.2. The number of benzene rings is 1. The van der Waals surface area contributed by atoms with E-state index in [1.807, 2.05) is 12.1 Å². The molecule has 5 heteroatoms. The third kappa shape index (κ3) is 4.60. The van der Waals surface area contributed by atoms with Gasteiger partial charge in [-0.15, -0.1) is 0 Å². The van der Waals surface area contributed by atoms with Crippen molar-refractivity contribution in [3.63, 3.8) is 0 Å². The van der Waals surface area contributed by atoms with Gasteiger partial charge in [0.1, 0.15) is 0 Å². The van der Waals surface area contributed by atoms with Gasteiger partial charge in [0.2, 0.25) is 6.79 Å². The van der Waals surface area contributed by atoms with Crippen molar-refractivity contribution in [2.75, 3.05) is 13.4 Å². The molecule has 0 aliphatic carbocycles. The first-order valence-electron chi connectivity index (χ1n) is 7.48. The molecular weight excluding hydrogens is 400 g/mol. The normalized spacial score (nSPS) is 16.0. The summed E-state index contributed by atoms with van der Waals surface area (Å²) in [5.41, 5.74) is 1.10. The summed E-state index contributed by atoms with van der Waals surface area (Å²) in [6.07, 6.45) is 4.84. The third-order valence-corrected chi connectivity index (χ3v) is 4.68.